The normalized spacial score (nSPS) is 15.2. The van der Waals surface area contributed by atoms with Gasteiger partial charge in [0, 0.05) is 31.7 Å². The topological polar surface area (TPSA) is 58.1 Å². The summed E-state index contributed by atoms with van der Waals surface area (Å²) in [4.78, 5) is 22.2. The molecule has 1 amide bonds. The van der Waals surface area contributed by atoms with Crippen molar-refractivity contribution in [1.29, 1.82) is 0 Å². The van der Waals surface area contributed by atoms with E-state index < -0.39 is 0 Å². The Hall–Kier alpha value is -0.880. The number of nitrogens with zero attached hydrogens (tertiary/aromatic N) is 3. The molecule has 0 aliphatic heterocycles. The second-order valence-corrected chi connectivity index (χ2v) is 6.34. The van der Waals surface area contributed by atoms with Crippen LogP contribution in [0.15, 0.2) is 10.7 Å². The molecule has 0 aromatic carbocycles. The SMILES string of the molecule is CCNC(=O)CCN(c1nc(Cl)ncc1Br)C1CCCC1. The first-order chi connectivity index (χ1) is 10.1. The summed E-state index contributed by atoms with van der Waals surface area (Å²) in [5.74, 6) is 0.850. The molecule has 116 valence electrons. The van der Waals surface area contributed by atoms with Gasteiger partial charge in [0.05, 0.1) is 4.47 Å². The number of aromatic nitrogens is 2. The minimum Gasteiger partial charge on any atom is -0.356 e. The van der Waals surface area contributed by atoms with Gasteiger partial charge in [-0.2, -0.15) is 4.98 Å². The predicted molar refractivity (Wildman–Crippen MR) is 87.6 cm³/mol. The van der Waals surface area contributed by atoms with Crippen LogP contribution in [0.25, 0.3) is 0 Å². The molecule has 0 radical (unpaired) electrons. The molecule has 1 saturated carbocycles. The second-order valence-electron chi connectivity index (χ2n) is 5.15. The molecule has 1 aliphatic carbocycles. The van der Waals surface area contributed by atoms with Crippen molar-refractivity contribution in [2.75, 3.05) is 18.0 Å². The van der Waals surface area contributed by atoms with E-state index in [1.165, 1.54) is 12.8 Å². The number of carbonyl (C=O) groups excluding carboxylic acids is 1. The van der Waals surface area contributed by atoms with E-state index in [1.54, 1.807) is 6.20 Å². The van der Waals surface area contributed by atoms with Gasteiger partial charge in [-0.15, -0.1) is 0 Å². The van der Waals surface area contributed by atoms with Crippen LogP contribution in [-0.2, 0) is 4.79 Å². The van der Waals surface area contributed by atoms with Crippen molar-refractivity contribution in [3.05, 3.63) is 16.0 Å². The van der Waals surface area contributed by atoms with E-state index in [4.69, 9.17) is 11.6 Å². The summed E-state index contributed by atoms with van der Waals surface area (Å²) >= 11 is 9.42. The number of halogens is 2. The predicted octanol–water partition coefficient (Wildman–Crippen LogP) is 3.17. The largest absolute Gasteiger partial charge is 0.356 e. The molecule has 1 aliphatic rings. The summed E-state index contributed by atoms with van der Waals surface area (Å²) in [5, 5.41) is 3.06. The molecule has 0 unspecified atom stereocenters. The lowest BCUT2D eigenvalue weighted by Gasteiger charge is -2.30. The van der Waals surface area contributed by atoms with Gasteiger partial charge < -0.3 is 10.2 Å². The van der Waals surface area contributed by atoms with E-state index in [-0.39, 0.29) is 11.2 Å². The third kappa shape index (κ3) is 4.54. The number of hydrogen-bond acceptors (Lipinski definition) is 4. The molecule has 7 heteroatoms. The molecule has 0 spiro atoms. The van der Waals surface area contributed by atoms with Gasteiger partial charge in [0.2, 0.25) is 11.2 Å². The van der Waals surface area contributed by atoms with Crippen LogP contribution >= 0.6 is 27.5 Å². The molecule has 21 heavy (non-hydrogen) atoms. The Labute approximate surface area is 138 Å². The minimum atomic E-state index is 0.0665. The molecule has 0 atom stereocenters. The number of rotatable bonds is 6. The van der Waals surface area contributed by atoms with Crippen molar-refractivity contribution in [2.45, 2.75) is 45.1 Å². The first-order valence-corrected chi connectivity index (χ1v) is 8.50. The fourth-order valence-electron chi connectivity index (χ4n) is 2.72. The third-order valence-electron chi connectivity index (χ3n) is 3.69. The van der Waals surface area contributed by atoms with Crippen LogP contribution in [0.3, 0.4) is 0 Å². The maximum Gasteiger partial charge on any atom is 0.224 e. The van der Waals surface area contributed by atoms with Crippen LogP contribution in [0.4, 0.5) is 5.82 Å². The molecule has 1 aromatic rings. The van der Waals surface area contributed by atoms with Gasteiger partial charge in [0.1, 0.15) is 5.82 Å². The van der Waals surface area contributed by atoms with Crippen molar-refractivity contribution in [1.82, 2.24) is 15.3 Å². The van der Waals surface area contributed by atoms with Crippen LogP contribution < -0.4 is 10.2 Å². The zero-order valence-electron chi connectivity index (χ0n) is 12.1. The Bertz CT molecular complexity index is 494. The first kappa shape index (κ1) is 16.5. The zero-order chi connectivity index (χ0) is 15.2. The molecule has 0 saturated heterocycles. The summed E-state index contributed by atoms with van der Waals surface area (Å²) in [6.07, 6.45) is 6.82. The van der Waals surface area contributed by atoms with Crippen molar-refractivity contribution in [2.24, 2.45) is 0 Å². The number of carbonyl (C=O) groups is 1. The summed E-state index contributed by atoms with van der Waals surface area (Å²) < 4.78 is 0.815. The van der Waals surface area contributed by atoms with Crippen LogP contribution in [-0.4, -0.2) is 35.0 Å². The molecular formula is C14H20BrClN4O. The summed E-state index contributed by atoms with van der Waals surface area (Å²) in [6, 6.07) is 0.418. The fraction of sp³-hybridized carbons (Fsp3) is 0.643. The van der Waals surface area contributed by atoms with Crippen molar-refractivity contribution in [3.8, 4) is 0 Å². The number of nitrogens with one attached hydrogen (secondary N) is 1. The standard InChI is InChI=1S/C14H20BrClN4O/c1-2-17-12(21)7-8-20(10-5-3-4-6-10)13-11(15)9-18-14(16)19-13/h9-10H,2-8H2,1H3,(H,17,21). The Morgan fingerprint density at radius 3 is 2.90 bits per heavy atom. The lowest BCUT2D eigenvalue weighted by Crippen LogP contribution is -2.37. The number of anilines is 1. The van der Waals surface area contributed by atoms with Gasteiger partial charge in [-0.25, -0.2) is 4.98 Å². The van der Waals surface area contributed by atoms with E-state index in [0.29, 0.717) is 25.6 Å². The van der Waals surface area contributed by atoms with Crippen LogP contribution in [0, 0.1) is 0 Å². The number of hydrogen-bond donors (Lipinski definition) is 1. The zero-order valence-corrected chi connectivity index (χ0v) is 14.5. The maximum atomic E-state index is 11.7. The van der Waals surface area contributed by atoms with E-state index in [0.717, 1.165) is 23.1 Å². The average molecular weight is 376 g/mol. The third-order valence-corrected chi connectivity index (χ3v) is 4.43. The first-order valence-electron chi connectivity index (χ1n) is 7.33. The van der Waals surface area contributed by atoms with Gasteiger partial charge in [-0.1, -0.05) is 12.8 Å². The Morgan fingerprint density at radius 1 is 1.52 bits per heavy atom. The van der Waals surface area contributed by atoms with Gasteiger partial charge in [0.15, 0.2) is 0 Å². The number of amides is 1. The van der Waals surface area contributed by atoms with E-state index in [2.05, 4.69) is 36.1 Å². The summed E-state index contributed by atoms with van der Waals surface area (Å²) in [6.45, 7) is 3.22. The lowest BCUT2D eigenvalue weighted by molar-refractivity contribution is -0.120. The smallest absolute Gasteiger partial charge is 0.224 e. The van der Waals surface area contributed by atoms with Crippen LogP contribution in [0.1, 0.15) is 39.0 Å². The highest BCUT2D eigenvalue weighted by atomic mass is 79.9. The van der Waals surface area contributed by atoms with E-state index in [9.17, 15) is 4.79 Å². The molecule has 2 rings (SSSR count). The minimum absolute atomic E-state index is 0.0665. The van der Waals surface area contributed by atoms with Gasteiger partial charge >= 0.3 is 0 Å². The Balaban J connectivity index is 2.15. The quantitative estimate of drug-likeness (QED) is 0.776. The molecule has 1 heterocycles. The molecule has 1 fully saturated rings. The van der Waals surface area contributed by atoms with Gasteiger partial charge in [-0.3, -0.25) is 4.79 Å². The van der Waals surface area contributed by atoms with Crippen LogP contribution in [0.2, 0.25) is 5.28 Å². The fourth-order valence-corrected chi connectivity index (χ4v) is 3.27. The highest BCUT2D eigenvalue weighted by molar-refractivity contribution is 9.10. The average Bonchev–Trinajstić information content (AvgIpc) is 2.97. The van der Waals surface area contributed by atoms with Crippen molar-refractivity contribution >= 4 is 39.3 Å². The molecule has 0 bridgehead atoms. The molecule has 1 N–H and O–H groups in total. The van der Waals surface area contributed by atoms with Gasteiger partial charge in [0.25, 0.3) is 0 Å². The lowest BCUT2D eigenvalue weighted by atomic mass is 10.2. The second kappa shape index (κ2) is 7.94. The summed E-state index contributed by atoms with van der Waals surface area (Å²) in [5.41, 5.74) is 0. The highest BCUT2D eigenvalue weighted by Gasteiger charge is 2.26. The maximum absolute atomic E-state index is 11.7. The Morgan fingerprint density at radius 2 is 2.24 bits per heavy atom. The van der Waals surface area contributed by atoms with Gasteiger partial charge in [-0.05, 0) is 47.3 Å². The van der Waals surface area contributed by atoms with Crippen LogP contribution in [0.5, 0.6) is 0 Å². The molecule has 5 nitrogen and oxygen atoms in total. The molecule has 1 aromatic heterocycles. The summed E-state index contributed by atoms with van der Waals surface area (Å²) in [7, 11) is 0. The Kier molecular flexibility index (Phi) is 6.23. The molecular weight excluding hydrogens is 356 g/mol. The van der Waals surface area contributed by atoms with Crippen molar-refractivity contribution < 1.29 is 4.79 Å². The van der Waals surface area contributed by atoms with E-state index in [1.807, 2.05) is 6.92 Å². The van der Waals surface area contributed by atoms with E-state index >= 15 is 0 Å². The van der Waals surface area contributed by atoms with Crippen molar-refractivity contribution in [3.63, 3.8) is 0 Å². The monoisotopic (exact) mass is 374 g/mol. The highest BCUT2D eigenvalue weighted by Crippen LogP contribution is 2.32.